The van der Waals surface area contributed by atoms with Gasteiger partial charge < -0.3 is 20.6 Å². The molecule has 1 rings (SSSR count). The largest absolute Gasteiger partial charge is 0.394 e. The molecule has 7 nitrogen and oxygen atoms in total. The van der Waals surface area contributed by atoms with Gasteiger partial charge in [0, 0.05) is 20.1 Å². The van der Waals surface area contributed by atoms with Crippen LogP contribution in [0.2, 0.25) is 0 Å². The second-order valence-electron chi connectivity index (χ2n) is 4.90. The van der Waals surface area contributed by atoms with E-state index in [1.165, 1.54) is 0 Å². The van der Waals surface area contributed by atoms with Crippen molar-refractivity contribution in [2.75, 3.05) is 42.3 Å². The number of hydrogen-bond acceptors (Lipinski definition) is 7. The summed E-state index contributed by atoms with van der Waals surface area (Å²) in [5.41, 5.74) is -0.438. The number of rotatable bonds is 8. The Morgan fingerprint density at radius 1 is 1.10 bits per heavy atom. The van der Waals surface area contributed by atoms with Crippen molar-refractivity contribution in [1.29, 1.82) is 0 Å². The third kappa shape index (κ3) is 3.93. The van der Waals surface area contributed by atoms with Gasteiger partial charge in [0.2, 0.25) is 17.8 Å². The molecule has 1 unspecified atom stereocenters. The Balaban J connectivity index is 3.10. The topological polar surface area (TPSA) is 86.2 Å². The molecule has 0 saturated carbocycles. The molecule has 0 aliphatic carbocycles. The summed E-state index contributed by atoms with van der Waals surface area (Å²) in [6.45, 7) is 9.74. The van der Waals surface area contributed by atoms with Gasteiger partial charge in [0.15, 0.2) is 0 Å². The van der Waals surface area contributed by atoms with Crippen molar-refractivity contribution < 1.29 is 5.11 Å². The van der Waals surface area contributed by atoms with Crippen LogP contribution >= 0.6 is 0 Å². The van der Waals surface area contributed by atoms with Gasteiger partial charge in [-0.3, -0.25) is 0 Å². The molecule has 0 radical (unpaired) electrons. The van der Waals surface area contributed by atoms with E-state index < -0.39 is 5.54 Å². The van der Waals surface area contributed by atoms with E-state index in [4.69, 9.17) is 0 Å². The Morgan fingerprint density at radius 2 is 1.70 bits per heavy atom. The van der Waals surface area contributed by atoms with Crippen LogP contribution in [-0.4, -0.2) is 52.3 Å². The zero-order valence-corrected chi connectivity index (χ0v) is 13.1. The summed E-state index contributed by atoms with van der Waals surface area (Å²) in [5.74, 6) is 1.62. The molecule has 0 aliphatic rings. The standard InChI is InChI=1S/C13H26N6O/c1-6-13(4,9-20)18-11-15-10(14-5)16-12(17-11)19(7-2)8-3/h20H,6-9H2,1-5H3,(H2,14,15,16,17,18). The molecule has 20 heavy (non-hydrogen) atoms. The molecule has 1 atom stereocenters. The fourth-order valence-electron chi connectivity index (χ4n) is 1.69. The first-order valence-corrected chi connectivity index (χ1v) is 7.09. The molecule has 0 fully saturated rings. The highest BCUT2D eigenvalue weighted by atomic mass is 16.3. The van der Waals surface area contributed by atoms with Crippen LogP contribution in [-0.2, 0) is 0 Å². The summed E-state index contributed by atoms with van der Waals surface area (Å²) in [4.78, 5) is 15.2. The van der Waals surface area contributed by atoms with Gasteiger partial charge in [0.25, 0.3) is 0 Å². The lowest BCUT2D eigenvalue weighted by Crippen LogP contribution is -2.39. The van der Waals surface area contributed by atoms with Crippen molar-refractivity contribution in [2.24, 2.45) is 0 Å². The van der Waals surface area contributed by atoms with E-state index in [0.29, 0.717) is 17.8 Å². The number of aliphatic hydroxyl groups is 1. The fraction of sp³-hybridized carbons (Fsp3) is 0.769. The smallest absolute Gasteiger partial charge is 0.231 e. The third-order valence-electron chi connectivity index (χ3n) is 3.44. The molecule has 1 aromatic heterocycles. The van der Waals surface area contributed by atoms with Crippen molar-refractivity contribution in [1.82, 2.24) is 15.0 Å². The molecule has 7 heteroatoms. The van der Waals surface area contributed by atoms with Gasteiger partial charge in [-0.25, -0.2) is 0 Å². The van der Waals surface area contributed by atoms with Gasteiger partial charge in [-0.1, -0.05) is 6.92 Å². The maximum Gasteiger partial charge on any atom is 0.231 e. The van der Waals surface area contributed by atoms with Crippen molar-refractivity contribution in [3.63, 3.8) is 0 Å². The molecular formula is C13H26N6O. The molecule has 0 spiro atoms. The molecule has 1 heterocycles. The highest BCUT2D eigenvalue weighted by Crippen LogP contribution is 2.18. The van der Waals surface area contributed by atoms with Crippen LogP contribution in [0.3, 0.4) is 0 Å². The first kappa shape index (κ1) is 16.4. The second kappa shape index (κ2) is 7.23. The van der Waals surface area contributed by atoms with E-state index in [9.17, 15) is 5.11 Å². The molecule has 1 aromatic rings. The third-order valence-corrected chi connectivity index (χ3v) is 3.44. The maximum absolute atomic E-state index is 9.48. The lowest BCUT2D eigenvalue weighted by Gasteiger charge is -2.28. The van der Waals surface area contributed by atoms with Gasteiger partial charge >= 0.3 is 0 Å². The lowest BCUT2D eigenvalue weighted by atomic mass is 10.0. The zero-order chi connectivity index (χ0) is 15.2. The summed E-state index contributed by atoms with van der Waals surface area (Å²) in [7, 11) is 1.77. The SMILES string of the molecule is CCN(CC)c1nc(NC)nc(NC(C)(CC)CO)n1. The highest BCUT2D eigenvalue weighted by Gasteiger charge is 2.22. The fourth-order valence-corrected chi connectivity index (χ4v) is 1.69. The minimum Gasteiger partial charge on any atom is -0.394 e. The van der Waals surface area contributed by atoms with Crippen LogP contribution in [0, 0.1) is 0 Å². The van der Waals surface area contributed by atoms with Crippen LogP contribution in [0.1, 0.15) is 34.1 Å². The van der Waals surface area contributed by atoms with Gasteiger partial charge in [-0.05, 0) is 27.2 Å². The molecule has 0 aromatic carbocycles. The van der Waals surface area contributed by atoms with E-state index in [0.717, 1.165) is 19.5 Å². The monoisotopic (exact) mass is 282 g/mol. The van der Waals surface area contributed by atoms with E-state index in [-0.39, 0.29) is 6.61 Å². The zero-order valence-electron chi connectivity index (χ0n) is 13.1. The number of nitrogens with zero attached hydrogens (tertiary/aromatic N) is 4. The van der Waals surface area contributed by atoms with E-state index in [1.54, 1.807) is 7.05 Å². The van der Waals surface area contributed by atoms with Gasteiger partial charge in [-0.15, -0.1) is 0 Å². The average Bonchev–Trinajstić information content (AvgIpc) is 2.48. The summed E-state index contributed by atoms with van der Waals surface area (Å²) < 4.78 is 0. The first-order chi connectivity index (χ1) is 9.51. The Kier molecular flexibility index (Phi) is 5.94. The van der Waals surface area contributed by atoms with E-state index >= 15 is 0 Å². The van der Waals surface area contributed by atoms with Crippen molar-refractivity contribution in [3.05, 3.63) is 0 Å². The Morgan fingerprint density at radius 3 is 2.15 bits per heavy atom. The van der Waals surface area contributed by atoms with Gasteiger partial charge in [0.05, 0.1) is 12.1 Å². The first-order valence-electron chi connectivity index (χ1n) is 7.09. The van der Waals surface area contributed by atoms with Gasteiger partial charge in [-0.2, -0.15) is 15.0 Å². The predicted molar refractivity (Wildman–Crippen MR) is 82.3 cm³/mol. The summed E-state index contributed by atoms with van der Waals surface area (Å²) >= 11 is 0. The summed E-state index contributed by atoms with van der Waals surface area (Å²) in [6, 6.07) is 0. The molecule has 0 amide bonds. The minimum absolute atomic E-state index is 0.0185. The summed E-state index contributed by atoms with van der Waals surface area (Å²) in [5, 5.41) is 15.6. The molecule has 114 valence electrons. The molecular weight excluding hydrogens is 256 g/mol. The number of anilines is 3. The van der Waals surface area contributed by atoms with Crippen LogP contribution in [0.4, 0.5) is 17.8 Å². The van der Waals surface area contributed by atoms with Crippen LogP contribution in [0.15, 0.2) is 0 Å². The average molecular weight is 282 g/mol. The molecule has 3 N–H and O–H groups in total. The number of aliphatic hydroxyl groups excluding tert-OH is 1. The Labute approximate surface area is 120 Å². The van der Waals surface area contributed by atoms with Crippen LogP contribution < -0.4 is 15.5 Å². The molecule has 0 aliphatic heterocycles. The second-order valence-corrected chi connectivity index (χ2v) is 4.90. The van der Waals surface area contributed by atoms with Crippen molar-refractivity contribution in [2.45, 2.75) is 39.7 Å². The number of hydrogen-bond donors (Lipinski definition) is 3. The van der Waals surface area contributed by atoms with E-state index in [2.05, 4.69) is 44.3 Å². The Bertz CT molecular complexity index is 417. The summed E-state index contributed by atoms with van der Waals surface area (Å²) in [6.07, 6.45) is 0.769. The van der Waals surface area contributed by atoms with Crippen LogP contribution in [0.25, 0.3) is 0 Å². The molecule has 0 bridgehead atoms. The normalized spacial score (nSPS) is 13.7. The quantitative estimate of drug-likeness (QED) is 0.663. The number of nitrogens with one attached hydrogen (secondary N) is 2. The Hall–Kier alpha value is -1.63. The number of aromatic nitrogens is 3. The van der Waals surface area contributed by atoms with E-state index in [1.807, 2.05) is 13.8 Å². The predicted octanol–water partition coefficient (Wildman–Crippen LogP) is 1.33. The van der Waals surface area contributed by atoms with Crippen molar-refractivity contribution in [3.8, 4) is 0 Å². The maximum atomic E-state index is 9.48. The van der Waals surface area contributed by atoms with Gasteiger partial charge in [0.1, 0.15) is 0 Å². The lowest BCUT2D eigenvalue weighted by molar-refractivity contribution is 0.218. The van der Waals surface area contributed by atoms with Crippen LogP contribution in [0.5, 0.6) is 0 Å². The molecule has 0 saturated heterocycles. The minimum atomic E-state index is -0.438. The highest BCUT2D eigenvalue weighted by molar-refractivity contribution is 5.44. The van der Waals surface area contributed by atoms with Crippen molar-refractivity contribution >= 4 is 17.8 Å².